The Balaban J connectivity index is 2.30. The minimum Gasteiger partial charge on any atom is -0.465 e. The van der Waals surface area contributed by atoms with Crippen LogP contribution >= 0.6 is 34.8 Å². The van der Waals surface area contributed by atoms with E-state index < -0.39 is 12.1 Å². The van der Waals surface area contributed by atoms with Crippen LogP contribution in [-0.2, 0) is 4.74 Å². The van der Waals surface area contributed by atoms with Crippen LogP contribution in [0.15, 0.2) is 36.4 Å². The fourth-order valence-electron chi connectivity index (χ4n) is 1.85. The second-order valence-electron chi connectivity index (χ2n) is 4.53. The lowest BCUT2D eigenvalue weighted by molar-refractivity contribution is 0.0601. The molecule has 0 aliphatic heterocycles. The first kappa shape index (κ1) is 17.7. The Morgan fingerprint density at radius 1 is 1.17 bits per heavy atom. The van der Waals surface area contributed by atoms with Gasteiger partial charge in [0.15, 0.2) is 0 Å². The monoisotopic (exact) mass is 368 g/mol. The Morgan fingerprint density at radius 2 is 1.83 bits per heavy atom. The van der Waals surface area contributed by atoms with Crippen LogP contribution in [0.5, 0.6) is 0 Å². The third kappa shape index (κ3) is 4.40. The lowest BCUT2D eigenvalue weighted by Crippen LogP contribution is -2.03. The first-order chi connectivity index (χ1) is 10.9. The Morgan fingerprint density at radius 3 is 2.39 bits per heavy atom. The standard InChI is InChI=1S/C17H11Cl3O3/c1-23-17(22)16-13(19)7-10(8-14(16)20)5-6-15(21)11-3-2-4-12(18)9-11/h2-4,7-9,15,21H,1H3. The van der Waals surface area contributed by atoms with Gasteiger partial charge in [0.2, 0.25) is 0 Å². The molecule has 23 heavy (non-hydrogen) atoms. The van der Waals surface area contributed by atoms with Crippen LogP contribution in [0.25, 0.3) is 0 Å². The van der Waals surface area contributed by atoms with Crippen molar-refractivity contribution in [3.63, 3.8) is 0 Å². The van der Waals surface area contributed by atoms with Crippen molar-refractivity contribution in [3.05, 3.63) is 68.2 Å². The number of methoxy groups -OCH3 is 1. The molecule has 0 amide bonds. The quantitative estimate of drug-likeness (QED) is 0.625. The maximum atomic E-state index is 11.6. The van der Waals surface area contributed by atoms with Gasteiger partial charge in [-0.3, -0.25) is 0 Å². The molecule has 0 radical (unpaired) electrons. The van der Waals surface area contributed by atoms with E-state index in [4.69, 9.17) is 34.8 Å². The largest absolute Gasteiger partial charge is 0.465 e. The number of hydrogen-bond donors (Lipinski definition) is 1. The topological polar surface area (TPSA) is 46.5 Å². The lowest BCUT2D eigenvalue weighted by Gasteiger charge is -2.06. The van der Waals surface area contributed by atoms with Crippen molar-refractivity contribution in [2.24, 2.45) is 0 Å². The van der Waals surface area contributed by atoms with Gasteiger partial charge in [-0.15, -0.1) is 0 Å². The highest BCUT2D eigenvalue weighted by atomic mass is 35.5. The van der Waals surface area contributed by atoms with E-state index in [9.17, 15) is 9.90 Å². The highest BCUT2D eigenvalue weighted by Gasteiger charge is 2.16. The van der Waals surface area contributed by atoms with E-state index in [0.29, 0.717) is 16.1 Å². The molecule has 3 nitrogen and oxygen atoms in total. The summed E-state index contributed by atoms with van der Waals surface area (Å²) in [4.78, 5) is 11.6. The van der Waals surface area contributed by atoms with Crippen LogP contribution in [0.1, 0.15) is 27.6 Å². The smallest absolute Gasteiger partial charge is 0.340 e. The van der Waals surface area contributed by atoms with E-state index in [-0.39, 0.29) is 15.6 Å². The molecule has 0 saturated carbocycles. The minimum atomic E-state index is -1.01. The summed E-state index contributed by atoms with van der Waals surface area (Å²) >= 11 is 17.9. The second kappa shape index (κ2) is 7.72. The average Bonchev–Trinajstić information content (AvgIpc) is 2.51. The normalized spacial score (nSPS) is 11.3. The summed E-state index contributed by atoms with van der Waals surface area (Å²) in [7, 11) is 1.24. The summed E-state index contributed by atoms with van der Waals surface area (Å²) in [5.74, 6) is 4.81. The summed E-state index contributed by atoms with van der Waals surface area (Å²) in [6, 6.07) is 9.74. The van der Waals surface area contributed by atoms with Gasteiger partial charge in [0.1, 0.15) is 6.10 Å². The van der Waals surface area contributed by atoms with Crippen LogP contribution in [0.3, 0.4) is 0 Å². The number of benzene rings is 2. The zero-order chi connectivity index (χ0) is 17.0. The molecule has 6 heteroatoms. The Bertz CT molecular complexity index is 783. The van der Waals surface area contributed by atoms with E-state index in [1.165, 1.54) is 19.2 Å². The molecule has 0 saturated heterocycles. The highest BCUT2D eigenvalue weighted by molar-refractivity contribution is 6.39. The van der Waals surface area contributed by atoms with Crippen LogP contribution < -0.4 is 0 Å². The molecule has 0 heterocycles. The summed E-state index contributed by atoms with van der Waals surface area (Å²) in [5, 5.41) is 10.8. The molecule has 0 aliphatic carbocycles. The van der Waals surface area contributed by atoms with Crippen molar-refractivity contribution in [1.82, 2.24) is 0 Å². The predicted octanol–water partition coefficient (Wildman–Crippen LogP) is 4.52. The SMILES string of the molecule is COC(=O)c1c(Cl)cc(C#CC(O)c2cccc(Cl)c2)cc1Cl. The number of esters is 1. The molecule has 2 aromatic rings. The fourth-order valence-corrected chi connectivity index (χ4v) is 2.69. The number of hydrogen-bond acceptors (Lipinski definition) is 3. The minimum absolute atomic E-state index is 0.0803. The zero-order valence-electron chi connectivity index (χ0n) is 11.9. The lowest BCUT2D eigenvalue weighted by atomic mass is 10.1. The maximum Gasteiger partial charge on any atom is 0.340 e. The second-order valence-corrected chi connectivity index (χ2v) is 5.78. The molecule has 0 aliphatic rings. The third-order valence-electron chi connectivity index (χ3n) is 2.95. The number of ether oxygens (including phenoxy) is 1. The van der Waals surface area contributed by atoms with E-state index >= 15 is 0 Å². The number of rotatable bonds is 2. The molecule has 0 aromatic heterocycles. The van der Waals surface area contributed by atoms with Gasteiger partial charge >= 0.3 is 5.97 Å². The first-order valence-electron chi connectivity index (χ1n) is 6.45. The van der Waals surface area contributed by atoms with Gasteiger partial charge in [0.25, 0.3) is 0 Å². The molecular formula is C17H11Cl3O3. The maximum absolute atomic E-state index is 11.6. The average molecular weight is 370 g/mol. The van der Waals surface area contributed by atoms with Gasteiger partial charge in [0.05, 0.1) is 22.7 Å². The van der Waals surface area contributed by atoms with Gasteiger partial charge in [-0.2, -0.15) is 0 Å². The van der Waals surface area contributed by atoms with Crippen molar-refractivity contribution < 1.29 is 14.6 Å². The molecule has 118 valence electrons. The van der Waals surface area contributed by atoms with E-state index in [0.717, 1.165) is 0 Å². The van der Waals surface area contributed by atoms with Gasteiger partial charge in [-0.25, -0.2) is 4.79 Å². The fraction of sp³-hybridized carbons (Fsp3) is 0.118. The Kier molecular flexibility index (Phi) is 5.92. The molecule has 1 unspecified atom stereocenters. The summed E-state index contributed by atoms with van der Waals surface area (Å²) < 4.78 is 4.61. The molecular weight excluding hydrogens is 359 g/mol. The van der Waals surface area contributed by atoms with Crippen molar-refractivity contribution in [2.45, 2.75) is 6.10 Å². The van der Waals surface area contributed by atoms with Crippen LogP contribution in [0, 0.1) is 11.8 Å². The predicted molar refractivity (Wildman–Crippen MR) is 91.1 cm³/mol. The zero-order valence-corrected chi connectivity index (χ0v) is 14.2. The van der Waals surface area contributed by atoms with E-state index in [1.807, 2.05) is 0 Å². The first-order valence-corrected chi connectivity index (χ1v) is 7.58. The Hall–Kier alpha value is -1.70. The number of aliphatic hydroxyl groups is 1. The molecule has 0 fully saturated rings. The van der Waals surface area contributed by atoms with E-state index in [2.05, 4.69) is 16.6 Å². The van der Waals surface area contributed by atoms with Crippen LogP contribution in [0.4, 0.5) is 0 Å². The number of aliphatic hydroxyl groups excluding tert-OH is 1. The number of carbonyl (C=O) groups is 1. The summed E-state index contributed by atoms with van der Waals surface area (Å²) in [6.45, 7) is 0. The number of carbonyl (C=O) groups excluding carboxylic acids is 1. The van der Waals surface area contributed by atoms with Gasteiger partial charge in [-0.1, -0.05) is 58.8 Å². The number of halogens is 3. The van der Waals surface area contributed by atoms with Crippen molar-refractivity contribution in [2.75, 3.05) is 7.11 Å². The van der Waals surface area contributed by atoms with Gasteiger partial charge in [0, 0.05) is 10.6 Å². The third-order valence-corrected chi connectivity index (χ3v) is 3.78. The molecule has 0 spiro atoms. The van der Waals surface area contributed by atoms with Crippen molar-refractivity contribution in [3.8, 4) is 11.8 Å². The molecule has 2 rings (SSSR count). The summed E-state index contributed by atoms with van der Waals surface area (Å²) in [5.41, 5.74) is 1.12. The Labute approximate surface area is 148 Å². The molecule has 1 N–H and O–H groups in total. The molecule has 1 atom stereocenters. The van der Waals surface area contributed by atoms with Crippen molar-refractivity contribution >= 4 is 40.8 Å². The summed E-state index contributed by atoms with van der Waals surface area (Å²) in [6.07, 6.45) is -1.01. The van der Waals surface area contributed by atoms with Crippen LogP contribution in [0.2, 0.25) is 15.1 Å². The highest BCUT2D eigenvalue weighted by Crippen LogP contribution is 2.27. The molecule has 0 bridgehead atoms. The van der Waals surface area contributed by atoms with Gasteiger partial charge in [-0.05, 0) is 29.8 Å². The van der Waals surface area contributed by atoms with E-state index in [1.54, 1.807) is 24.3 Å². The van der Waals surface area contributed by atoms with Gasteiger partial charge < -0.3 is 9.84 Å². The van der Waals surface area contributed by atoms with Crippen molar-refractivity contribution in [1.29, 1.82) is 0 Å². The molecule has 2 aromatic carbocycles. The van der Waals surface area contributed by atoms with Crippen LogP contribution in [-0.4, -0.2) is 18.2 Å².